The van der Waals surface area contributed by atoms with E-state index in [9.17, 15) is 4.39 Å². The summed E-state index contributed by atoms with van der Waals surface area (Å²) in [6, 6.07) is 7.00. The maximum atomic E-state index is 13.4. The zero-order valence-corrected chi connectivity index (χ0v) is 13.1. The van der Waals surface area contributed by atoms with Crippen LogP contribution < -0.4 is 5.32 Å². The van der Waals surface area contributed by atoms with E-state index in [0.29, 0.717) is 5.56 Å². The molecule has 4 heteroatoms. The van der Waals surface area contributed by atoms with Gasteiger partial charge in [0.1, 0.15) is 17.5 Å². The van der Waals surface area contributed by atoms with Gasteiger partial charge in [0.25, 0.3) is 0 Å². The molecule has 112 valence electrons. The Balaban J connectivity index is 2.45. The fourth-order valence-electron chi connectivity index (χ4n) is 2.02. The van der Waals surface area contributed by atoms with Crippen LogP contribution in [0, 0.1) is 12.7 Å². The second-order valence-corrected chi connectivity index (χ2v) is 5.54. The molecule has 0 unspecified atom stereocenters. The maximum absolute atomic E-state index is 13.4. The zero-order valence-electron chi connectivity index (χ0n) is 13.1. The van der Waals surface area contributed by atoms with E-state index in [4.69, 9.17) is 0 Å². The third-order valence-electron chi connectivity index (χ3n) is 3.27. The molecule has 0 radical (unpaired) electrons. The number of rotatable bonds is 5. The first-order chi connectivity index (χ1) is 10.0. The number of nitrogens with one attached hydrogen (secondary N) is 1. The molecular weight excluding hydrogens is 265 g/mol. The molecular formula is C17H22FN3. The zero-order chi connectivity index (χ0) is 15.4. The van der Waals surface area contributed by atoms with E-state index >= 15 is 0 Å². The summed E-state index contributed by atoms with van der Waals surface area (Å²) in [5, 5.41) is 3.30. The van der Waals surface area contributed by atoms with Crippen LogP contribution in [0.2, 0.25) is 0 Å². The number of benzene rings is 1. The van der Waals surface area contributed by atoms with Crippen molar-refractivity contribution in [3.05, 3.63) is 41.5 Å². The molecule has 0 aliphatic carbocycles. The topological polar surface area (TPSA) is 37.8 Å². The van der Waals surface area contributed by atoms with Crippen LogP contribution in [-0.4, -0.2) is 16.5 Å². The summed E-state index contributed by atoms with van der Waals surface area (Å²) >= 11 is 0. The third kappa shape index (κ3) is 3.78. The van der Waals surface area contributed by atoms with Crippen LogP contribution in [0.4, 0.5) is 10.2 Å². The van der Waals surface area contributed by atoms with E-state index in [2.05, 4.69) is 36.1 Å². The molecule has 1 aromatic carbocycles. The minimum Gasteiger partial charge on any atom is -0.370 e. The lowest BCUT2D eigenvalue weighted by Gasteiger charge is -2.12. The van der Waals surface area contributed by atoms with Gasteiger partial charge in [-0.2, -0.15) is 0 Å². The summed E-state index contributed by atoms with van der Waals surface area (Å²) in [7, 11) is 0. The van der Waals surface area contributed by atoms with Gasteiger partial charge < -0.3 is 5.32 Å². The second kappa shape index (κ2) is 6.66. The average Bonchev–Trinajstić information content (AvgIpc) is 2.47. The third-order valence-corrected chi connectivity index (χ3v) is 3.27. The number of aryl methyl sites for hydroxylation is 1. The molecule has 0 bridgehead atoms. The van der Waals surface area contributed by atoms with Gasteiger partial charge in [-0.25, -0.2) is 14.4 Å². The molecule has 2 aromatic rings. The van der Waals surface area contributed by atoms with Crippen LogP contribution in [0.3, 0.4) is 0 Å². The Morgan fingerprint density at radius 1 is 1.19 bits per heavy atom. The number of hydrogen-bond acceptors (Lipinski definition) is 3. The predicted molar refractivity (Wildman–Crippen MR) is 85.0 cm³/mol. The summed E-state index contributed by atoms with van der Waals surface area (Å²) in [6.45, 7) is 8.88. The Morgan fingerprint density at radius 2 is 1.95 bits per heavy atom. The fourth-order valence-corrected chi connectivity index (χ4v) is 2.02. The van der Waals surface area contributed by atoms with Gasteiger partial charge in [0.2, 0.25) is 0 Å². The van der Waals surface area contributed by atoms with E-state index in [-0.39, 0.29) is 11.7 Å². The Morgan fingerprint density at radius 3 is 2.57 bits per heavy atom. The van der Waals surface area contributed by atoms with Gasteiger partial charge in [0, 0.05) is 24.1 Å². The molecule has 0 atom stereocenters. The second-order valence-electron chi connectivity index (χ2n) is 5.54. The quantitative estimate of drug-likeness (QED) is 0.877. The van der Waals surface area contributed by atoms with Crippen LogP contribution in [0.1, 0.15) is 44.5 Å². The van der Waals surface area contributed by atoms with E-state index in [1.54, 1.807) is 13.0 Å². The SMILES string of the molecule is CCCNc1cc(-c2ccc(F)c(C)c2)nc(C(C)C)n1. The number of hydrogen-bond donors (Lipinski definition) is 1. The lowest BCUT2D eigenvalue weighted by Crippen LogP contribution is -2.07. The molecule has 0 aliphatic rings. The van der Waals surface area contributed by atoms with Crippen LogP contribution in [-0.2, 0) is 0 Å². The molecule has 0 fully saturated rings. The van der Waals surface area contributed by atoms with Crippen molar-refractivity contribution in [1.29, 1.82) is 0 Å². The van der Waals surface area contributed by atoms with Crippen molar-refractivity contribution >= 4 is 5.82 Å². The summed E-state index contributed by atoms with van der Waals surface area (Å²) < 4.78 is 13.4. The molecule has 1 N–H and O–H groups in total. The molecule has 2 rings (SSSR count). The van der Waals surface area contributed by atoms with E-state index in [0.717, 1.165) is 35.9 Å². The Labute approximate surface area is 125 Å². The van der Waals surface area contributed by atoms with Crippen molar-refractivity contribution in [2.75, 3.05) is 11.9 Å². The number of aromatic nitrogens is 2. The first-order valence-electron chi connectivity index (χ1n) is 7.40. The lowest BCUT2D eigenvalue weighted by molar-refractivity contribution is 0.618. The molecule has 0 spiro atoms. The van der Waals surface area contributed by atoms with Crippen LogP contribution in [0.5, 0.6) is 0 Å². The van der Waals surface area contributed by atoms with E-state index < -0.39 is 0 Å². The predicted octanol–water partition coefficient (Wildman–Crippen LogP) is 4.54. The molecule has 0 aliphatic heterocycles. The van der Waals surface area contributed by atoms with Crippen molar-refractivity contribution < 1.29 is 4.39 Å². The van der Waals surface area contributed by atoms with E-state index in [1.165, 1.54) is 6.07 Å². The van der Waals surface area contributed by atoms with E-state index in [1.807, 2.05) is 12.1 Å². The van der Waals surface area contributed by atoms with Crippen molar-refractivity contribution in [2.24, 2.45) is 0 Å². The van der Waals surface area contributed by atoms with Crippen LogP contribution >= 0.6 is 0 Å². The van der Waals surface area contributed by atoms with Crippen LogP contribution in [0.15, 0.2) is 24.3 Å². The normalized spacial score (nSPS) is 11.0. The van der Waals surface area contributed by atoms with Crippen molar-refractivity contribution in [3.63, 3.8) is 0 Å². The number of nitrogens with zero attached hydrogens (tertiary/aromatic N) is 2. The highest BCUT2D eigenvalue weighted by molar-refractivity contribution is 5.63. The Bertz CT molecular complexity index is 623. The first kappa shape index (κ1) is 15.4. The lowest BCUT2D eigenvalue weighted by atomic mass is 10.1. The fraction of sp³-hybridized carbons (Fsp3) is 0.412. The van der Waals surface area contributed by atoms with Crippen molar-refractivity contribution in [3.8, 4) is 11.3 Å². The highest BCUT2D eigenvalue weighted by Crippen LogP contribution is 2.24. The average molecular weight is 287 g/mol. The largest absolute Gasteiger partial charge is 0.370 e. The van der Waals surface area contributed by atoms with Crippen molar-refractivity contribution in [2.45, 2.75) is 40.0 Å². The first-order valence-corrected chi connectivity index (χ1v) is 7.40. The highest BCUT2D eigenvalue weighted by atomic mass is 19.1. The Hall–Kier alpha value is -1.97. The number of anilines is 1. The van der Waals surface area contributed by atoms with Gasteiger partial charge in [-0.15, -0.1) is 0 Å². The summed E-state index contributed by atoms with van der Waals surface area (Å²) in [5.74, 6) is 1.68. The van der Waals surface area contributed by atoms with Crippen LogP contribution in [0.25, 0.3) is 11.3 Å². The minimum absolute atomic E-state index is 0.193. The highest BCUT2D eigenvalue weighted by Gasteiger charge is 2.10. The van der Waals surface area contributed by atoms with Gasteiger partial charge in [0.15, 0.2) is 0 Å². The Kier molecular flexibility index (Phi) is 4.89. The smallest absolute Gasteiger partial charge is 0.133 e. The standard InChI is InChI=1S/C17H22FN3/c1-5-8-19-16-10-15(20-17(21-16)11(2)3)13-6-7-14(18)12(4)9-13/h6-7,9-11H,5,8H2,1-4H3,(H,19,20,21). The molecule has 1 aromatic heterocycles. The minimum atomic E-state index is -0.193. The van der Waals surface area contributed by atoms with Gasteiger partial charge in [-0.05, 0) is 37.1 Å². The monoisotopic (exact) mass is 287 g/mol. The molecule has 0 amide bonds. The summed E-state index contributed by atoms with van der Waals surface area (Å²) in [5.41, 5.74) is 2.37. The molecule has 3 nitrogen and oxygen atoms in total. The van der Waals surface area contributed by atoms with Gasteiger partial charge >= 0.3 is 0 Å². The maximum Gasteiger partial charge on any atom is 0.133 e. The van der Waals surface area contributed by atoms with Crippen molar-refractivity contribution in [1.82, 2.24) is 9.97 Å². The summed E-state index contributed by atoms with van der Waals surface area (Å²) in [4.78, 5) is 9.15. The summed E-state index contributed by atoms with van der Waals surface area (Å²) in [6.07, 6.45) is 1.03. The van der Waals surface area contributed by atoms with Gasteiger partial charge in [-0.3, -0.25) is 0 Å². The molecule has 21 heavy (non-hydrogen) atoms. The van der Waals surface area contributed by atoms with Gasteiger partial charge in [-0.1, -0.05) is 20.8 Å². The van der Waals surface area contributed by atoms with Gasteiger partial charge in [0.05, 0.1) is 5.69 Å². The number of halogens is 1. The molecule has 1 heterocycles. The molecule has 0 saturated heterocycles. The molecule has 0 saturated carbocycles.